The van der Waals surface area contributed by atoms with E-state index in [1.165, 1.54) is 0 Å². The van der Waals surface area contributed by atoms with Crippen molar-refractivity contribution in [3.63, 3.8) is 0 Å². The maximum absolute atomic E-state index is 12.3. The lowest BCUT2D eigenvalue weighted by molar-refractivity contribution is -0.135. The van der Waals surface area contributed by atoms with Crippen molar-refractivity contribution in [1.82, 2.24) is 9.55 Å². The third-order valence-corrected chi connectivity index (χ3v) is 3.63. The number of hydrogen-bond donors (Lipinski definition) is 0. The Morgan fingerprint density at radius 1 is 1.40 bits per heavy atom. The first-order chi connectivity index (χ1) is 9.28. The van der Waals surface area contributed by atoms with Gasteiger partial charge in [-0.3, -0.25) is 0 Å². The van der Waals surface area contributed by atoms with Crippen molar-refractivity contribution in [2.24, 2.45) is 0 Å². The summed E-state index contributed by atoms with van der Waals surface area (Å²) in [4.78, 5) is 4.41. The van der Waals surface area contributed by atoms with Crippen LogP contribution in [0.1, 0.15) is 31.0 Å². The van der Waals surface area contributed by atoms with Crippen LogP contribution < -0.4 is 0 Å². The molecule has 1 unspecified atom stereocenters. The number of halogens is 5. The molecule has 2 nitrogen and oxygen atoms in total. The Morgan fingerprint density at radius 2 is 2.10 bits per heavy atom. The molecule has 1 aromatic heterocycles. The maximum Gasteiger partial charge on any atom is 0.389 e. The Hall–Kier alpha value is -0.750. The summed E-state index contributed by atoms with van der Waals surface area (Å²) in [6.07, 6.45) is -4.92. The van der Waals surface area contributed by atoms with Gasteiger partial charge in [0.2, 0.25) is 0 Å². The van der Waals surface area contributed by atoms with Gasteiger partial charge in [-0.2, -0.15) is 13.2 Å². The lowest BCUT2D eigenvalue weighted by atomic mass is 10.2. The van der Waals surface area contributed by atoms with Crippen LogP contribution in [-0.2, 0) is 6.54 Å². The number of nitrogens with zero attached hydrogens (tertiary/aromatic N) is 2. The first-order valence-electron chi connectivity index (χ1n) is 6.14. The van der Waals surface area contributed by atoms with E-state index in [0.717, 1.165) is 15.5 Å². The molecule has 0 radical (unpaired) electrons. The molecule has 1 heterocycles. The van der Waals surface area contributed by atoms with Gasteiger partial charge in [-0.25, -0.2) is 4.98 Å². The molecule has 20 heavy (non-hydrogen) atoms. The second-order valence-electron chi connectivity index (χ2n) is 4.59. The molecule has 0 aliphatic carbocycles. The maximum atomic E-state index is 12.3. The first-order valence-corrected chi connectivity index (χ1v) is 7.37. The van der Waals surface area contributed by atoms with Crippen LogP contribution in [0.4, 0.5) is 13.2 Å². The van der Waals surface area contributed by atoms with Gasteiger partial charge in [0.05, 0.1) is 16.4 Å². The van der Waals surface area contributed by atoms with Gasteiger partial charge >= 0.3 is 6.18 Å². The summed E-state index contributed by atoms with van der Waals surface area (Å²) in [6, 6.07) is 5.51. The van der Waals surface area contributed by atoms with Crippen molar-refractivity contribution in [2.75, 3.05) is 0 Å². The number of hydrogen-bond acceptors (Lipinski definition) is 1. The third kappa shape index (κ3) is 3.67. The number of aromatic nitrogens is 2. The molecule has 0 N–H and O–H groups in total. The fourth-order valence-corrected chi connectivity index (χ4v) is 2.61. The molecule has 0 spiro atoms. The number of aryl methyl sites for hydroxylation is 1. The van der Waals surface area contributed by atoms with Gasteiger partial charge in [-0.1, -0.05) is 15.9 Å². The Morgan fingerprint density at radius 3 is 2.70 bits per heavy atom. The van der Waals surface area contributed by atoms with E-state index < -0.39 is 12.6 Å². The average molecular weight is 370 g/mol. The SMILES string of the molecule is CC(Cl)c1nc2cc(Br)ccc2n1CCCC(F)(F)F. The van der Waals surface area contributed by atoms with Crippen LogP contribution in [-0.4, -0.2) is 15.7 Å². The zero-order chi connectivity index (χ0) is 14.9. The molecule has 0 amide bonds. The minimum Gasteiger partial charge on any atom is -0.327 e. The summed E-state index contributed by atoms with van der Waals surface area (Å²) < 4.78 is 39.4. The smallest absolute Gasteiger partial charge is 0.327 e. The van der Waals surface area contributed by atoms with Gasteiger partial charge in [-0.05, 0) is 31.5 Å². The van der Waals surface area contributed by atoms with Crippen molar-refractivity contribution in [1.29, 1.82) is 0 Å². The molecule has 0 saturated heterocycles. The van der Waals surface area contributed by atoms with Gasteiger partial charge in [0.15, 0.2) is 0 Å². The van der Waals surface area contributed by atoms with E-state index in [1.54, 1.807) is 11.5 Å². The highest BCUT2D eigenvalue weighted by atomic mass is 79.9. The van der Waals surface area contributed by atoms with Crippen molar-refractivity contribution in [2.45, 2.75) is 37.9 Å². The largest absolute Gasteiger partial charge is 0.389 e. The van der Waals surface area contributed by atoms with E-state index in [4.69, 9.17) is 11.6 Å². The monoisotopic (exact) mass is 368 g/mol. The van der Waals surface area contributed by atoms with Gasteiger partial charge in [-0.15, -0.1) is 11.6 Å². The number of alkyl halides is 4. The van der Waals surface area contributed by atoms with Crippen LogP contribution >= 0.6 is 27.5 Å². The summed E-state index contributed by atoms with van der Waals surface area (Å²) in [5, 5.41) is -0.355. The molecule has 1 aromatic carbocycles. The predicted molar refractivity (Wildman–Crippen MR) is 77.0 cm³/mol. The van der Waals surface area contributed by atoms with Gasteiger partial charge in [0, 0.05) is 17.4 Å². The van der Waals surface area contributed by atoms with Crippen molar-refractivity contribution in [3.8, 4) is 0 Å². The van der Waals surface area contributed by atoms with E-state index in [-0.39, 0.29) is 18.3 Å². The molecule has 0 aliphatic rings. The normalized spacial score (nSPS) is 13.9. The lowest BCUT2D eigenvalue weighted by Gasteiger charge is -2.11. The Labute approximate surface area is 128 Å². The molecule has 110 valence electrons. The first kappa shape index (κ1) is 15.6. The van der Waals surface area contributed by atoms with Crippen molar-refractivity contribution >= 4 is 38.6 Å². The summed E-state index contributed by atoms with van der Waals surface area (Å²) in [7, 11) is 0. The van der Waals surface area contributed by atoms with Gasteiger partial charge < -0.3 is 4.57 Å². The Balaban J connectivity index is 2.32. The quantitative estimate of drug-likeness (QED) is 0.656. The van der Waals surface area contributed by atoms with Crippen LogP contribution in [0.2, 0.25) is 0 Å². The molecule has 0 aliphatic heterocycles. The second kappa shape index (κ2) is 5.93. The number of benzene rings is 1. The highest BCUT2D eigenvalue weighted by molar-refractivity contribution is 9.10. The Kier molecular flexibility index (Phi) is 4.64. The predicted octanol–water partition coefficient (Wildman–Crippen LogP) is 5.44. The van der Waals surface area contributed by atoms with Crippen molar-refractivity contribution < 1.29 is 13.2 Å². The van der Waals surface area contributed by atoms with E-state index >= 15 is 0 Å². The zero-order valence-corrected chi connectivity index (χ0v) is 13.1. The molecule has 7 heteroatoms. The third-order valence-electron chi connectivity index (χ3n) is 2.94. The summed E-state index contributed by atoms with van der Waals surface area (Å²) in [5.74, 6) is 0.599. The molecule has 0 fully saturated rings. The average Bonchev–Trinajstić information content (AvgIpc) is 2.66. The van der Waals surface area contributed by atoms with E-state index in [1.807, 2.05) is 18.2 Å². The molecule has 0 bridgehead atoms. The van der Waals surface area contributed by atoms with E-state index in [2.05, 4.69) is 20.9 Å². The minimum absolute atomic E-state index is 0.0155. The minimum atomic E-state index is -4.13. The molecular formula is C13H13BrClF3N2. The van der Waals surface area contributed by atoms with E-state index in [0.29, 0.717) is 5.82 Å². The number of imidazole rings is 1. The zero-order valence-electron chi connectivity index (χ0n) is 10.7. The highest BCUT2D eigenvalue weighted by Crippen LogP contribution is 2.28. The summed E-state index contributed by atoms with van der Waals surface area (Å²) in [6.45, 7) is 2.02. The highest BCUT2D eigenvalue weighted by Gasteiger charge is 2.26. The van der Waals surface area contributed by atoms with Crippen LogP contribution in [0.15, 0.2) is 22.7 Å². The fourth-order valence-electron chi connectivity index (χ4n) is 2.10. The van der Waals surface area contributed by atoms with Crippen molar-refractivity contribution in [3.05, 3.63) is 28.5 Å². The summed E-state index contributed by atoms with van der Waals surface area (Å²) in [5.41, 5.74) is 1.53. The Bertz CT molecular complexity index is 607. The molecular weight excluding hydrogens is 357 g/mol. The fraction of sp³-hybridized carbons (Fsp3) is 0.462. The van der Waals surface area contributed by atoms with Gasteiger partial charge in [0.25, 0.3) is 0 Å². The number of rotatable bonds is 4. The van der Waals surface area contributed by atoms with Crippen LogP contribution in [0.3, 0.4) is 0 Å². The van der Waals surface area contributed by atoms with Crippen LogP contribution in [0.25, 0.3) is 11.0 Å². The van der Waals surface area contributed by atoms with Crippen LogP contribution in [0, 0.1) is 0 Å². The standard InChI is InChI=1S/C13H13BrClF3N2/c1-8(15)12-19-10-7-9(14)3-4-11(10)20(12)6-2-5-13(16,17)18/h3-4,7-8H,2,5-6H2,1H3. The lowest BCUT2D eigenvalue weighted by Crippen LogP contribution is -2.11. The summed E-state index contributed by atoms with van der Waals surface area (Å²) >= 11 is 9.42. The van der Waals surface area contributed by atoms with E-state index in [9.17, 15) is 13.2 Å². The second-order valence-corrected chi connectivity index (χ2v) is 6.16. The molecule has 1 atom stereocenters. The molecule has 0 saturated carbocycles. The number of fused-ring (bicyclic) bond motifs is 1. The topological polar surface area (TPSA) is 17.8 Å². The molecule has 2 aromatic rings. The van der Waals surface area contributed by atoms with Gasteiger partial charge in [0.1, 0.15) is 5.82 Å². The molecule has 2 rings (SSSR count). The van der Waals surface area contributed by atoms with Crippen LogP contribution in [0.5, 0.6) is 0 Å².